The first kappa shape index (κ1) is 17.6. The van der Waals surface area contributed by atoms with Crippen molar-refractivity contribution < 1.29 is 9.90 Å². The number of thioether (sulfide) groups is 1. The van der Waals surface area contributed by atoms with E-state index < -0.39 is 0 Å². The van der Waals surface area contributed by atoms with E-state index in [0.29, 0.717) is 11.3 Å². The second-order valence-electron chi connectivity index (χ2n) is 7.01. The first-order valence-electron chi connectivity index (χ1n) is 8.91. The summed E-state index contributed by atoms with van der Waals surface area (Å²) in [6, 6.07) is 8.34. The van der Waals surface area contributed by atoms with E-state index in [2.05, 4.69) is 11.2 Å². The summed E-state index contributed by atoms with van der Waals surface area (Å²) >= 11 is 1.92. The number of nitrogens with zero attached hydrogens (tertiary/aromatic N) is 2. The lowest BCUT2D eigenvalue weighted by atomic mass is 10.1. The van der Waals surface area contributed by atoms with Gasteiger partial charge in [0.15, 0.2) is 0 Å². The molecule has 1 saturated carbocycles. The molecule has 132 valence electrons. The van der Waals surface area contributed by atoms with Crippen LogP contribution in [0.3, 0.4) is 0 Å². The predicted octanol–water partition coefficient (Wildman–Crippen LogP) is 3.00. The molecule has 3 rings (SSSR count). The minimum Gasteiger partial charge on any atom is -0.393 e. The summed E-state index contributed by atoms with van der Waals surface area (Å²) < 4.78 is 0. The molecule has 0 unspecified atom stereocenters. The molecule has 0 bridgehead atoms. The van der Waals surface area contributed by atoms with Gasteiger partial charge in [-0.15, -0.1) is 0 Å². The van der Waals surface area contributed by atoms with E-state index in [9.17, 15) is 9.90 Å². The number of hydrogen-bond acceptors (Lipinski definition) is 4. The van der Waals surface area contributed by atoms with E-state index in [1.54, 1.807) is 0 Å². The van der Waals surface area contributed by atoms with E-state index in [1.165, 1.54) is 6.42 Å². The minimum absolute atomic E-state index is 0.127. The molecule has 0 spiro atoms. The molecule has 1 aliphatic carbocycles. The maximum Gasteiger partial charge on any atom is 0.253 e. The van der Waals surface area contributed by atoms with Crippen LogP contribution in [0.25, 0.3) is 0 Å². The van der Waals surface area contributed by atoms with Crippen LogP contribution in [-0.4, -0.2) is 59.7 Å². The third kappa shape index (κ3) is 3.89. The van der Waals surface area contributed by atoms with Gasteiger partial charge in [-0.3, -0.25) is 4.79 Å². The zero-order chi connectivity index (χ0) is 17.1. The molecule has 2 aliphatic rings. The molecule has 1 aromatic rings. The summed E-state index contributed by atoms with van der Waals surface area (Å²) in [5.41, 5.74) is 1.91. The van der Waals surface area contributed by atoms with Gasteiger partial charge < -0.3 is 14.9 Å². The van der Waals surface area contributed by atoms with E-state index in [-0.39, 0.29) is 12.0 Å². The van der Waals surface area contributed by atoms with Crippen LogP contribution in [0.15, 0.2) is 24.3 Å². The highest BCUT2D eigenvalue weighted by molar-refractivity contribution is 7.99. The topological polar surface area (TPSA) is 43.8 Å². The monoisotopic (exact) mass is 348 g/mol. The summed E-state index contributed by atoms with van der Waals surface area (Å²) in [6.07, 6.45) is 7.08. The Morgan fingerprint density at radius 2 is 1.83 bits per heavy atom. The summed E-state index contributed by atoms with van der Waals surface area (Å²) in [6.45, 7) is 1.76. The minimum atomic E-state index is -0.160. The van der Waals surface area contributed by atoms with Gasteiger partial charge in [-0.25, -0.2) is 0 Å². The highest BCUT2D eigenvalue weighted by Crippen LogP contribution is 2.31. The van der Waals surface area contributed by atoms with Crippen molar-refractivity contribution in [3.8, 4) is 0 Å². The average molecular weight is 349 g/mol. The Labute approximate surface area is 149 Å². The molecule has 2 atom stereocenters. The normalized spacial score (nSPS) is 25.0. The number of benzene rings is 1. The van der Waals surface area contributed by atoms with Gasteiger partial charge >= 0.3 is 0 Å². The molecule has 5 heteroatoms. The van der Waals surface area contributed by atoms with Crippen LogP contribution in [0.2, 0.25) is 0 Å². The maximum absolute atomic E-state index is 12.7. The molecule has 0 aromatic heterocycles. The van der Waals surface area contributed by atoms with Crippen molar-refractivity contribution in [2.75, 3.05) is 31.3 Å². The van der Waals surface area contributed by atoms with E-state index in [4.69, 9.17) is 0 Å². The molecule has 1 heterocycles. The number of anilines is 1. The van der Waals surface area contributed by atoms with Crippen LogP contribution < -0.4 is 4.90 Å². The molecule has 1 saturated heterocycles. The van der Waals surface area contributed by atoms with Crippen LogP contribution in [0, 0.1) is 0 Å². The molecule has 4 nitrogen and oxygen atoms in total. The summed E-state index contributed by atoms with van der Waals surface area (Å²) in [4.78, 5) is 16.9. The van der Waals surface area contributed by atoms with Gasteiger partial charge in [0.25, 0.3) is 5.91 Å². The highest BCUT2D eigenvalue weighted by atomic mass is 32.2. The molecule has 24 heavy (non-hydrogen) atoms. The zero-order valence-electron chi connectivity index (χ0n) is 14.6. The van der Waals surface area contributed by atoms with E-state index in [0.717, 1.165) is 50.0 Å². The lowest BCUT2D eigenvalue weighted by Gasteiger charge is -2.31. The van der Waals surface area contributed by atoms with Crippen molar-refractivity contribution in [3.63, 3.8) is 0 Å². The second kappa shape index (κ2) is 7.79. The van der Waals surface area contributed by atoms with Crippen LogP contribution in [0.1, 0.15) is 42.5 Å². The molecule has 1 aromatic carbocycles. The Morgan fingerprint density at radius 1 is 1.17 bits per heavy atom. The molecule has 2 fully saturated rings. The van der Waals surface area contributed by atoms with Gasteiger partial charge in [-0.1, -0.05) is 0 Å². The quantitative estimate of drug-likeness (QED) is 0.908. The number of hydrogen-bond donors (Lipinski definition) is 1. The largest absolute Gasteiger partial charge is 0.393 e. The fourth-order valence-corrected chi connectivity index (χ4v) is 4.58. The number of carbonyl (C=O) groups excluding carboxylic acids is 1. The molecular weight excluding hydrogens is 320 g/mol. The molecule has 1 aliphatic heterocycles. The Bertz CT molecular complexity index is 555. The first-order chi connectivity index (χ1) is 11.6. The SMILES string of the molecule is CS[C@@H]1CC[C@H](N(C)C(=O)c2ccc(N3CCC(O)CC3)cc2)C1. The molecule has 1 N–H and O–H groups in total. The van der Waals surface area contributed by atoms with Gasteiger partial charge in [-0.2, -0.15) is 11.8 Å². The number of amides is 1. The second-order valence-corrected chi connectivity index (χ2v) is 8.14. The van der Waals surface area contributed by atoms with Crippen molar-refractivity contribution in [2.24, 2.45) is 0 Å². The van der Waals surface area contributed by atoms with Crippen molar-refractivity contribution in [1.82, 2.24) is 4.90 Å². The number of aliphatic hydroxyl groups excluding tert-OH is 1. The lowest BCUT2D eigenvalue weighted by Crippen LogP contribution is -2.36. The van der Waals surface area contributed by atoms with Crippen LogP contribution >= 0.6 is 11.8 Å². The van der Waals surface area contributed by atoms with Gasteiger partial charge in [0, 0.05) is 42.7 Å². The predicted molar refractivity (Wildman–Crippen MR) is 101 cm³/mol. The standard InChI is InChI=1S/C19H28N2O2S/c1-20(16-7-8-18(13-16)24-2)19(23)14-3-5-15(6-4-14)21-11-9-17(22)10-12-21/h3-6,16-18,22H,7-13H2,1-2H3/t16-,18+/m0/s1. The van der Waals surface area contributed by atoms with Gasteiger partial charge in [-0.05, 0) is 62.6 Å². The Morgan fingerprint density at radius 3 is 2.42 bits per heavy atom. The van der Waals surface area contributed by atoms with Crippen molar-refractivity contribution >= 4 is 23.4 Å². The van der Waals surface area contributed by atoms with Crippen molar-refractivity contribution in [3.05, 3.63) is 29.8 Å². The fraction of sp³-hybridized carbons (Fsp3) is 0.632. The fourth-order valence-electron chi connectivity index (χ4n) is 3.79. The summed E-state index contributed by atoms with van der Waals surface area (Å²) in [5.74, 6) is 0.127. The van der Waals surface area contributed by atoms with E-state index >= 15 is 0 Å². The smallest absolute Gasteiger partial charge is 0.253 e. The number of aliphatic hydroxyl groups is 1. The highest BCUT2D eigenvalue weighted by Gasteiger charge is 2.29. The average Bonchev–Trinajstić information content (AvgIpc) is 3.10. The zero-order valence-corrected chi connectivity index (χ0v) is 15.5. The van der Waals surface area contributed by atoms with Gasteiger partial charge in [0.05, 0.1) is 6.10 Å². The summed E-state index contributed by atoms with van der Waals surface area (Å²) in [5, 5.41) is 10.3. The third-order valence-electron chi connectivity index (χ3n) is 5.50. The molecule has 1 amide bonds. The Kier molecular flexibility index (Phi) is 5.72. The van der Waals surface area contributed by atoms with Crippen molar-refractivity contribution in [1.29, 1.82) is 0 Å². The number of rotatable bonds is 4. The molecule has 0 radical (unpaired) electrons. The third-order valence-corrected chi connectivity index (χ3v) is 6.60. The van der Waals surface area contributed by atoms with E-state index in [1.807, 2.05) is 48.0 Å². The molecular formula is C19H28N2O2S. The van der Waals surface area contributed by atoms with Gasteiger partial charge in [0.2, 0.25) is 0 Å². The Hall–Kier alpha value is -1.20. The first-order valence-corrected chi connectivity index (χ1v) is 10.2. The number of piperidine rings is 1. The lowest BCUT2D eigenvalue weighted by molar-refractivity contribution is 0.0735. The van der Waals surface area contributed by atoms with Crippen LogP contribution in [-0.2, 0) is 0 Å². The maximum atomic E-state index is 12.7. The summed E-state index contributed by atoms with van der Waals surface area (Å²) in [7, 11) is 1.94. The van der Waals surface area contributed by atoms with Crippen molar-refractivity contribution in [2.45, 2.75) is 49.5 Å². The van der Waals surface area contributed by atoms with Crippen LogP contribution in [0.5, 0.6) is 0 Å². The Balaban J connectivity index is 1.61. The number of carbonyl (C=O) groups is 1. The van der Waals surface area contributed by atoms with Crippen LogP contribution in [0.4, 0.5) is 5.69 Å². The van der Waals surface area contributed by atoms with Gasteiger partial charge in [0.1, 0.15) is 0 Å².